The molecule has 116 valence electrons. The lowest BCUT2D eigenvalue weighted by molar-refractivity contribution is 0.726. The molecule has 1 aromatic carbocycles. The third-order valence-electron chi connectivity index (χ3n) is 4.14. The Morgan fingerprint density at radius 2 is 1.73 bits per heavy atom. The zero-order chi connectivity index (χ0) is 15.2. The summed E-state index contributed by atoms with van der Waals surface area (Å²) in [4.78, 5) is 11.4. The highest BCUT2D eigenvalue weighted by Crippen LogP contribution is 2.18. The molecule has 4 nitrogen and oxygen atoms in total. The highest BCUT2D eigenvalue weighted by Gasteiger charge is 2.11. The van der Waals surface area contributed by atoms with Crippen LogP contribution in [0, 0.1) is 6.92 Å². The van der Waals surface area contributed by atoms with Crippen LogP contribution in [0.15, 0.2) is 36.5 Å². The van der Waals surface area contributed by atoms with Crippen LogP contribution < -0.4 is 10.2 Å². The van der Waals surface area contributed by atoms with Crippen molar-refractivity contribution < 1.29 is 0 Å². The maximum atomic E-state index is 4.67. The molecule has 1 saturated heterocycles. The van der Waals surface area contributed by atoms with Gasteiger partial charge in [0.15, 0.2) is 0 Å². The summed E-state index contributed by atoms with van der Waals surface area (Å²) in [5, 5.41) is 3.33. The van der Waals surface area contributed by atoms with Gasteiger partial charge in [0.2, 0.25) is 5.95 Å². The number of nitrogens with one attached hydrogen (secondary N) is 1. The molecule has 0 amide bonds. The molecule has 1 N–H and O–H groups in total. The average molecular weight is 296 g/mol. The molecule has 3 rings (SSSR count). The minimum Gasteiger partial charge on any atom is -0.356 e. The molecule has 1 fully saturated rings. The molecule has 0 spiro atoms. The second-order valence-electron chi connectivity index (χ2n) is 5.98. The summed E-state index contributed by atoms with van der Waals surface area (Å²) in [6.45, 7) is 5.07. The molecule has 0 bridgehead atoms. The van der Waals surface area contributed by atoms with E-state index in [1.165, 1.54) is 36.8 Å². The normalized spacial score (nSPS) is 15.4. The van der Waals surface area contributed by atoms with E-state index in [0.29, 0.717) is 5.95 Å². The second-order valence-corrected chi connectivity index (χ2v) is 5.98. The van der Waals surface area contributed by atoms with Crippen LogP contribution in [0.4, 0.5) is 11.8 Å². The fraction of sp³-hybridized carbons (Fsp3) is 0.444. The van der Waals surface area contributed by atoms with Gasteiger partial charge in [0, 0.05) is 25.8 Å². The molecule has 1 aliphatic rings. The second kappa shape index (κ2) is 7.25. The zero-order valence-electron chi connectivity index (χ0n) is 13.3. The summed E-state index contributed by atoms with van der Waals surface area (Å²) in [5.41, 5.74) is 2.53. The Bertz CT molecular complexity index is 586. The Morgan fingerprint density at radius 1 is 1.00 bits per heavy atom. The third kappa shape index (κ3) is 3.97. The number of anilines is 2. The monoisotopic (exact) mass is 296 g/mol. The van der Waals surface area contributed by atoms with Gasteiger partial charge < -0.3 is 10.2 Å². The van der Waals surface area contributed by atoms with Crippen molar-refractivity contribution in [2.45, 2.75) is 39.2 Å². The SMILES string of the molecule is Cc1ccc(CNc2nccc(N3CCCCCC3)n2)cc1. The van der Waals surface area contributed by atoms with Gasteiger partial charge in [0.1, 0.15) is 5.82 Å². The van der Waals surface area contributed by atoms with Crippen molar-refractivity contribution in [2.75, 3.05) is 23.3 Å². The Balaban J connectivity index is 1.64. The summed E-state index contributed by atoms with van der Waals surface area (Å²) in [7, 11) is 0. The molecule has 4 heteroatoms. The van der Waals surface area contributed by atoms with Gasteiger partial charge in [-0.3, -0.25) is 0 Å². The highest BCUT2D eigenvalue weighted by atomic mass is 15.2. The number of benzene rings is 1. The molecule has 2 aromatic rings. The van der Waals surface area contributed by atoms with Gasteiger partial charge in [0.25, 0.3) is 0 Å². The fourth-order valence-electron chi connectivity index (χ4n) is 2.80. The molecular formula is C18H24N4. The van der Waals surface area contributed by atoms with Crippen molar-refractivity contribution in [3.8, 4) is 0 Å². The van der Waals surface area contributed by atoms with E-state index in [2.05, 4.69) is 51.4 Å². The van der Waals surface area contributed by atoms with Crippen LogP contribution in [0.5, 0.6) is 0 Å². The minimum absolute atomic E-state index is 0.710. The topological polar surface area (TPSA) is 41.1 Å². The lowest BCUT2D eigenvalue weighted by atomic mass is 10.1. The van der Waals surface area contributed by atoms with Crippen molar-refractivity contribution in [2.24, 2.45) is 0 Å². The molecule has 0 unspecified atom stereocenters. The summed E-state index contributed by atoms with van der Waals surface area (Å²) >= 11 is 0. The Kier molecular flexibility index (Phi) is 4.88. The van der Waals surface area contributed by atoms with Crippen molar-refractivity contribution in [1.29, 1.82) is 0 Å². The Hall–Kier alpha value is -2.10. The average Bonchev–Trinajstić information content (AvgIpc) is 2.84. The molecule has 1 aliphatic heterocycles. The van der Waals surface area contributed by atoms with Crippen LogP contribution in [0.1, 0.15) is 36.8 Å². The van der Waals surface area contributed by atoms with Gasteiger partial charge in [-0.05, 0) is 31.4 Å². The summed E-state index contributed by atoms with van der Waals surface area (Å²) in [6, 6.07) is 10.6. The zero-order valence-corrected chi connectivity index (χ0v) is 13.3. The minimum atomic E-state index is 0.710. The summed E-state index contributed by atoms with van der Waals surface area (Å²) in [6.07, 6.45) is 7.04. The Labute approximate surface area is 132 Å². The number of hydrogen-bond acceptors (Lipinski definition) is 4. The van der Waals surface area contributed by atoms with Crippen molar-refractivity contribution in [1.82, 2.24) is 9.97 Å². The number of aromatic nitrogens is 2. The maximum Gasteiger partial charge on any atom is 0.224 e. The standard InChI is InChI=1S/C18H24N4/c1-15-6-8-16(9-7-15)14-20-18-19-11-10-17(21-18)22-12-4-2-3-5-13-22/h6-11H,2-5,12-14H2,1H3,(H,19,20,21). The summed E-state index contributed by atoms with van der Waals surface area (Å²) in [5.74, 6) is 1.76. The van der Waals surface area contributed by atoms with Gasteiger partial charge in [-0.25, -0.2) is 4.98 Å². The molecular weight excluding hydrogens is 272 g/mol. The van der Waals surface area contributed by atoms with Gasteiger partial charge >= 0.3 is 0 Å². The first-order chi connectivity index (χ1) is 10.8. The predicted molar refractivity (Wildman–Crippen MR) is 91.2 cm³/mol. The van der Waals surface area contributed by atoms with Crippen LogP contribution in [-0.4, -0.2) is 23.1 Å². The molecule has 2 heterocycles. The number of nitrogens with zero attached hydrogens (tertiary/aromatic N) is 3. The van der Waals surface area contributed by atoms with Crippen LogP contribution in [0.2, 0.25) is 0 Å². The lowest BCUT2D eigenvalue weighted by Gasteiger charge is -2.21. The molecule has 0 radical (unpaired) electrons. The predicted octanol–water partition coefficient (Wildman–Crippen LogP) is 3.78. The number of hydrogen-bond donors (Lipinski definition) is 1. The fourth-order valence-corrected chi connectivity index (χ4v) is 2.80. The van der Waals surface area contributed by atoms with Crippen molar-refractivity contribution in [3.63, 3.8) is 0 Å². The van der Waals surface area contributed by atoms with Gasteiger partial charge in [-0.15, -0.1) is 0 Å². The van der Waals surface area contributed by atoms with E-state index in [1.807, 2.05) is 12.3 Å². The number of aryl methyl sites for hydroxylation is 1. The van der Waals surface area contributed by atoms with Gasteiger partial charge in [0.05, 0.1) is 0 Å². The van der Waals surface area contributed by atoms with E-state index in [-0.39, 0.29) is 0 Å². The lowest BCUT2D eigenvalue weighted by Crippen LogP contribution is -2.25. The van der Waals surface area contributed by atoms with Crippen LogP contribution in [0.3, 0.4) is 0 Å². The third-order valence-corrected chi connectivity index (χ3v) is 4.14. The highest BCUT2D eigenvalue weighted by molar-refractivity contribution is 5.43. The first-order valence-corrected chi connectivity index (χ1v) is 8.19. The summed E-state index contributed by atoms with van der Waals surface area (Å²) < 4.78 is 0. The quantitative estimate of drug-likeness (QED) is 0.932. The molecule has 22 heavy (non-hydrogen) atoms. The van der Waals surface area contributed by atoms with E-state index in [1.54, 1.807) is 0 Å². The molecule has 0 atom stereocenters. The maximum absolute atomic E-state index is 4.67. The number of rotatable bonds is 4. The molecule has 0 saturated carbocycles. The smallest absolute Gasteiger partial charge is 0.224 e. The van der Waals surface area contributed by atoms with E-state index in [0.717, 1.165) is 25.5 Å². The Morgan fingerprint density at radius 3 is 2.45 bits per heavy atom. The van der Waals surface area contributed by atoms with E-state index >= 15 is 0 Å². The van der Waals surface area contributed by atoms with Crippen LogP contribution in [0.25, 0.3) is 0 Å². The van der Waals surface area contributed by atoms with Crippen LogP contribution in [-0.2, 0) is 6.54 Å². The van der Waals surface area contributed by atoms with E-state index in [4.69, 9.17) is 0 Å². The first kappa shape index (κ1) is 14.8. The largest absolute Gasteiger partial charge is 0.356 e. The van der Waals surface area contributed by atoms with E-state index in [9.17, 15) is 0 Å². The van der Waals surface area contributed by atoms with Gasteiger partial charge in [-0.1, -0.05) is 42.7 Å². The first-order valence-electron chi connectivity index (χ1n) is 8.19. The van der Waals surface area contributed by atoms with Crippen molar-refractivity contribution >= 4 is 11.8 Å². The van der Waals surface area contributed by atoms with E-state index < -0.39 is 0 Å². The molecule has 1 aromatic heterocycles. The van der Waals surface area contributed by atoms with Crippen LogP contribution >= 0.6 is 0 Å². The van der Waals surface area contributed by atoms with Gasteiger partial charge in [-0.2, -0.15) is 4.98 Å². The van der Waals surface area contributed by atoms with Crippen molar-refractivity contribution in [3.05, 3.63) is 47.7 Å². The molecule has 0 aliphatic carbocycles.